The molecule has 0 bridgehead atoms. The van der Waals surface area contributed by atoms with Gasteiger partial charge in [0.2, 0.25) is 0 Å². The van der Waals surface area contributed by atoms with Gasteiger partial charge in [-0.15, -0.1) is 0 Å². The van der Waals surface area contributed by atoms with E-state index in [2.05, 4.69) is 4.98 Å². The van der Waals surface area contributed by atoms with Gasteiger partial charge >= 0.3 is 5.69 Å². The van der Waals surface area contributed by atoms with Gasteiger partial charge in [-0.2, -0.15) is 4.98 Å². The molecule has 0 amide bonds. The average molecular weight is 227 g/mol. The van der Waals surface area contributed by atoms with Crippen molar-refractivity contribution in [3.63, 3.8) is 0 Å². The Kier molecular flexibility index (Phi) is 2.90. The minimum atomic E-state index is -0.938. The number of nitrogen functional groups attached to an aromatic ring is 1. The van der Waals surface area contributed by atoms with Crippen LogP contribution in [0.4, 0.5) is 5.82 Å². The van der Waals surface area contributed by atoms with E-state index in [1.54, 1.807) is 0 Å². The van der Waals surface area contributed by atoms with Crippen LogP contribution in [0, 0.1) is 0 Å². The van der Waals surface area contributed by atoms with Gasteiger partial charge in [-0.25, -0.2) is 4.79 Å². The number of nitrogens with zero attached hydrogens (tertiary/aromatic N) is 2. The maximum Gasteiger partial charge on any atom is 0.351 e. The zero-order chi connectivity index (χ0) is 11.7. The molecule has 1 aromatic heterocycles. The van der Waals surface area contributed by atoms with E-state index < -0.39 is 24.1 Å². The van der Waals surface area contributed by atoms with Gasteiger partial charge in [0.25, 0.3) is 0 Å². The Bertz CT molecular complexity index is 433. The second kappa shape index (κ2) is 4.20. The highest BCUT2D eigenvalue weighted by molar-refractivity contribution is 5.23. The Balaban J connectivity index is 2.27. The van der Waals surface area contributed by atoms with Crippen LogP contribution in [0.3, 0.4) is 0 Å². The molecule has 88 valence electrons. The van der Waals surface area contributed by atoms with Gasteiger partial charge in [0.15, 0.2) is 6.23 Å². The van der Waals surface area contributed by atoms with E-state index >= 15 is 0 Å². The molecule has 3 unspecified atom stereocenters. The van der Waals surface area contributed by atoms with Crippen LogP contribution in [-0.2, 0) is 4.74 Å². The van der Waals surface area contributed by atoms with E-state index in [1.807, 2.05) is 0 Å². The lowest BCUT2D eigenvalue weighted by Gasteiger charge is -2.31. The Morgan fingerprint density at radius 2 is 2.31 bits per heavy atom. The summed E-state index contributed by atoms with van der Waals surface area (Å²) in [7, 11) is 0. The number of aliphatic hydroxyl groups excluding tert-OH is 2. The highest BCUT2D eigenvalue weighted by Crippen LogP contribution is 2.21. The predicted molar refractivity (Wildman–Crippen MR) is 54.5 cm³/mol. The third kappa shape index (κ3) is 2.06. The summed E-state index contributed by atoms with van der Waals surface area (Å²) in [6.07, 6.45) is -0.878. The molecule has 1 aromatic rings. The Labute approximate surface area is 91.1 Å². The first kappa shape index (κ1) is 11.1. The number of aromatic nitrogens is 2. The third-order valence-corrected chi connectivity index (χ3v) is 2.43. The van der Waals surface area contributed by atoms with Gasteiger partial charge in [-0.1, -0.05) is 0 Å². The van der Waals surface area contributed by atoms with Crippen LogP contribution in [0.25, 0.3) is 0 Å². The number of hydrogen-bond donors (Lipinski definition) is 3. The first-order valence-electron chi connectivity index (χ1n) is 4.90. The van der Waals surface area contributed by atoms with Crippen LogP contribution in [0.5, 0.6) is 0 Å². The minimum Gasteiger partial charge on any atom is -0.391 e. The molecule has 1 saturated heterocycles. The highest BCUT2D eigenvalue weighted by Gasteiger charge is 2.30. The van der Waals surface area contributed by atoms with Crippen LogP contribution >= 0.6 is 0 Å². The Morgan fingerprint density at radius 3 is 2.94 bits per heavy atom. The molecule has 2 heterocycles. The van der Waals surface area contributed by atoms with E-state index in [9.17, 15) is 15.0 Å². The maximum absolute atomic E-state index is 11.5. The van der Waals surface area contributed by atoms with Crippen molar-refractivity contribution in [2.24, 2.45) is 0 Å². The maximum atomic E-state index is 11.5. The van der Waals surface area contributed by atoms with E-state index in [-0.39, 0.29) is 18.8 Å². The highest BCUT2D eigenvalue weighted by atomic mass is 16.5. The summed E-state index contributed by atoms with van der Waals surface area (Å²) in [6.45, 7) is 0.0819. The van der Waals surface area contributed by atoms with Gasteiger partial charge in [-0.05, 0) is 6.07 Å². The van der Waals surface area contributed by atoms with Crippen molar-refractivity contribution in [2.45, 2.75) is 24.9 Å². The van der Waals surface area contributed by atoms with Crippen molar-refractivity contribution < 1.29 is 14.9 Å². The fourth-order valence-electron chi connectivity index (χ4n) is 1.67. The number of rotatable bonds is 1. The molecule has 0 aromatic carbocycles. The van der Waals surface area contributed by atoms with E-state index in [0.717, 1.165) is 4.57 Å². The summed E-state index contributed by atoms with van der Waals surface area (Å²) in [5.41, 5.74) is 4.76. The number of aliphatic hydroxyl groups is 2. The van der Waals surface area contributed by atoms with Crippen LogP contribution in [0.15, 0.2) is 17.1 Å². The summed E-state index contributed by atoms with van der Waals surface area (Å²) in [6, 6.07) is 1.45. The lowest BCUT2D eigenvalue weighted by molar-refractivity contribution is -0.156. The van der Waals surface area contributed by atoms with Crippen LogP contribution in [0.1, 0.15) is 12.6 Å². The Hall–Kier alpha value is -1.44. The molecule has 1 aliphatic rings. The monoisotopic (exact) mass is 227 g/mol. The van der Waals surface area contributed by atoms with Crippen molar-refractivity contribution in [1.82, 2.24) is 9.55 Å². The molecule has 1 fully saturated rings. The minimum absolute atomic E-state index is 0.0819. The van der Waals surface area contributed by atoms with E-state index in [4.69, 9.17) is 10.5 Å². The fraction of sp³-hybridized carbons (Fsp3) is 0.556. The lowest BCUT2D eigenvalue weighted by Crippen LogP contribution is -2.42. The van der Waals surface area contributed by atoms with Gasteiger partial charge in [0.1, 0.15) is 11.9 Å². The topological polar surface area (TPSA) is 111 Å². The van der Waals surface area contributed by atoms with Crippen LogP contribution < -0.4 is 11.4 Å². The molecular weight excluding hydrogens is 214 g/mol. The van der Waals surface area contributed by atoms with Gasteiger partial charge in [-0.3, -0.25) is 4.57 Å². The molecule has 0 radical (unpaired) electrons. The SMILES string of the molecule is Nc1ccn(C2OCC(O)CC2O)c(=O)n1. The van der Waals surface area contributed by atoms with Crippen LogP contribution in [0.2, 0.25) is 0 Å². The molecule has 0 aliphatic carbocycles. The molecule has 3 atom stereocenters. The third-order valence-electron chi connectivity index (χ3n) is 2.43. The zero-order valence-electron chi connectivity index (χ0n) is 8.48. The van der Waals surface area contributed by atoms with Gasteiger partial charge < -0.3 is 20.7 Å². The average Bonchev–Trinajstić information content (AvgIpc) is 2.19. The molecule has 0 saturated carbocycles. The molecule has 16 heavy (non-hydrogen) atoms. The van der Waals surface area contributed by atoms with E-state index in [0.29, 0.717) is 0 Å². The summed E-state index contributed by atoms with van der Waals surface area (Å²) in [4.78, 5) is 15.0. The molecular formula is C9H13N3O4. The molecule has 0 spiro atoms. The first-order valence-corrected chi connectivity index (χ1v) is 4.90. The smallest absolute Gasteiger partial charge is 0.351 e. The number of hydrogen-bond acceptors (Lipinski definition) is 6. The molecule has 7 heteroatoms. The standard InChI is InChI=1S/C9H13N3O4/c10-7-1-2-12(9(15)11-7)8-6(14)3-5(13)4-16-8/h1-2,5-6,8,13-14H,3-4H2,(H2,10,11,15). The van der Waals surface area contributed by atoms with Crippen molar-refractivity contribution in [2.75, 3.05) is 12.3 Å². The van der Waals surface area contributed by atoms with Crippen molar-refractivity contribution in [3.05, 3.63) is 22.7 Å². The summed E-state index contributed by atoms with van der Waals surface area (Å²) in [5.74, 6) is 0.117. The molecule has 2 rings (SSSR count). The first-order chi connectivity index (χ1) is 7.58. The van der Waals surface area contributed by atoms with E-state index in [1.165, 1.54) is 12.3 Å². The normalized spacial score (nSPS) is 30.2. The molecule has 1 aliphatic heterocycles. The van der Waals surface area contributed by atoms with Crippen LogP contribution in [-0.4, -0.2) is 38.6 Å². The van der Waals surface area contributed by atoms with Gasteiger partial charge in [0.05, 0.1) is 12.7 Å². The lowest BCUT2D eigenvalue weighted by atomic mass is 10.1. The van der Waals surface area contributed by atoms with Crippen molar-refractivity contribution >= 4 is 5.82 Å². The molecule has 4 N–H and O–H groups in total. The van der Waals surface area contributed by atoms with Crippen molar-refractivity contribution in [3.8, 4) is 0 Å². The summed E-state index contributed by atoms with van der Waals surface area (Å²) < 4.78 is 6.35. The summed E-state index contributed by atoms with van der Waals surface area (Å²) in [5, 5.41) is 18.9. The van der Waals surface area contributed by atoms with Gasteiger partial charge in [0, 0.05) is 12.6 Å². The van der Waals surface area contributed by atoms with Crippen molar-refractivity contribution in [1.29, 1.82) is 0 Å². The zero-order valence-corrected chi connectivity index (χ0v) is 8.48. The quantitative estimate of drug-likeness (QED) is 0.536. The molecule has 7 nitrogen and oxygen atoms in total. The largest absolute Gasteiger partial charge is 0.391 e. The number of ether oxygens (including phenoxy) is 1. The Morgan fingerprint density at radius 1 is 1.56 bits per heavy atom. The number of nitrogens with two attached hydrogens (primary N) is 1. The number of anilines is 1. The second-order valence-electron chi connectivity index (χ2n) is 3.72. The second-order valence-corrected chi connectivity index (χ2v) is 3.72. The fourth-order valence-corrected chi connectivity index (χ4v) is 1.67. The predicted octanol–water partition coefficient (Wildman–Crippen LogP) is -1.53. The summed E-state index contributed by atoms with van der Waals surface area (Å²) >= 11 is 0.